The van der Waals surface area contributed by atoms with Crippen molar-refractivity contribution in [1.82, 2.24) is 4.72 Å². The molecule has 0 bridgehead atoms. The molecule has 0 aromatic heterocycles. The number of hydrogen-bond donors (Lipinski definition) is 2. The smallest absolute Gasteiger partial charge is 0.326 e. The summed E-state index contributed by atoms with van der Waals surface area (Å²) in [4.78, 5) is 36.1. The van der Waals surface area contributed by atoms with Crippen molar-refractivity contribution in [3.05, 3.63) is 59.7 Å². The molecule has 24 heavy (non-hydrogen) atoms. The zero-order chi connectivity index (χ0) is 17.5. The molecule has 0 unspecified atom stereocenters. The molecule has 1 aliphatic heterocycles. The number of hydrogen-bond acceptors (Lipinski definition) is 5. The summed E-state index contributed by atoms with van der Waals surface area (Å²) >= 11 is 0. The molecule has 0 fully saturated rings. The fraction of sp³-hybridized carbons (Fsp3) is 0. The largest absolute Gasteiger partial charge is 0.351 e. The summed E-state index contributed by atoms with van der Waals surface area (Å²) in [6, 6.07) is 10.1. The van der Waals surface area contributed by atoms with Crippen LogP contribution in [0.15, 0.2) is 53.4 Å². The molecule has 3 rings (SSSR count). The van der Waals surface area contributed by atoms with Gasteiger partial charge in [0.05, 0.1) is 21.7 Å². The normalized spacial score (nSPS) is 13.8. The highest BCUT2D eigenvalue weighted by Crippen LogP contribution is 2.28. The van der Waals surface area contributed by atoms with Gasteiger partial charge in [0.1, 0.15) is 0 Å². The van der Waals surface area contributed by atoms with Gasteiger partial charge >= 0.3 is 6.03 Å². The van der Waals surface area contributed by atoms with Crippen LogP contribution in [0.3, 0.4) is 0 Å². The lowest BCUT2D eigenvalue weighted by molar-refractivity contribution is 0.0926. The Hall–Kier alpha value is -3.20. The minimum absolute atomic E-state index is 0.221. The van der Waals surface area contributed by atoms with E-state index in [4.69, 9.17) is 5.73 Å². The van der Waals surface area contributed by atoms with E-state index < -0.39 is 27.9 Å². The van der Waals surface area contributed by atoms with Gasteiger partial charge in [0.2, 0.25) is 0 Å². The van der Waals surface area contributed by atoms with Gasteiger partial charge in [0.15, 0.2) is 0 Å². The van der Waals surface area contributed by atoms with Crippen LogP contribution in [0.5, 0.6) is 0 Å². The Balaban J connectivity index is 1.95. The van der Waals surface area contributed by atoms with Crippen LogP contribution in [0, 0.1) is 0 Å². The standard InChI is InChI=1S/C15H11N3O5S/c16-15(21)17-24(22,23)10-7-5-9(6-8-10)18-13(19)11-3-1-2-4-12(11)14(18)20/h1-8H,(H3,16,17,21). The summed E-state index contributed by atoms with van der Waals surface area (Å²) < 4.78 is 25.3. The monoisotopic (exact) mass is 345 g/mol. The highest BCUT2D eigenvalue weighted by atomic mass is 32.2. The van der Waals surface area contributed by atoms with Crippen LogP contribution < -0.4 is 15.4 Å². The van der Waals surface area contributed by atoms with E-state index in [1.165, 1.54) is 24.3 Å². The number of nitrogens with two attached hydrogens (primary N) is 1. The van der Waals surface area contributed by atoms with Crippen LogP contribution in [0.4, 0.5) is 10.5 Å². The summed E-state index contributed by atoms with van der Waals surface area (Å²) in [6.45, 7) is 0. The molecule has 0 aliphatic carbocycles. The third kappa shape index (κ3) is 2.50. The van der Waals surface area contributed by atoms with Crippen molar-refractivity contribution in [1.29, 1.82) is 0 Å². The van der Waals surface area contributed by atoms with Crippen LogP contribution in [0.1, 0.15) is 20.7 Å². The lowest BCUT2D eigenvalue weighted by Gasteiger charge is -2.14. The number of carbonyl (C=O) groups excluding carboxylic acids is 3. The maximum absolute atomic E-state index is 12.3. The van der Waals surface area contributed by atoms with E-state index >= 15 is 0 Å². The quantitative estimate of drug-likeness (QED) is 0.797. The lowest BCUT2D eigenvalue weighted by atomic mass is 10.1. The van der Waals surface area contributed by atoms with Crippen molar-refractivity contribution in [2.45, 2.75) is 4.90 Å². The Morgan fingerprint density at radius 3 is 1.88 bits per heavy atom. The van der Waals surface area contributed by atoms with Crippen molar-refractivity contribution in [2.75, 3.05) is 4.90 Å². The van der Waals surface area contributed by atoms with Crippen LogP contribution in [-0.2, 0) is 10.0 Å². The average molecular weight is 345 g/mol. The molecule has 9 heteroatoms. The maximum Gasteiger partial charge on any atom is 0.326 e. The molecule has 2 aromatic rings. The first-order chi connectivity index (χ1) is 11.3. The second-order valence-electron chi connectivity index (χ2n) is 4.95. The molecule has 4 amide bonds. The van der Waals surface area contributed by atoms with Crippen LogP contribution in [0.25, 0.3) is 0 Å². The number of carbonyl (C=O) groups is 3. The Morgan fingerprint density at radius 1 is 0.917 bits per heavy atom. The number of primary amides is 1. The second-order valence-corrected chi connectivity index (χ2v) is 6.64. The number of sulfonamides is 1. The summed E-state index contributed by atoms with van der Waals surface area (Å²) in [5, 5.41) is 0. The van der Waals surface area contributed by atoms with Gasteiger partial charge in [-0.2, -0.15) is 0 Å². The molecule has 3 N–H and O–H groups in total. The van der Waals surface area contributed by atoms with E-state index in [0.717, 1.165) is 4.90 Å². The molecule has 2 aromatic carbocycles. The van der Waals surface area contributed by atoms with E-state index in [2.05, 4.69) is 0 Å². The van der Waals surface area contributed by atoms with Crippen molar-refractivity contribution in [3.8, 4) is 0 Å². The van der Waals surface area contributed by atoms with Crippen molar-refractivity contribution in [2.24, 2.45) is 5.73 Å². The minimum Gasteiger partial charge on any atom is -0.351 e. The summed E-state index contributed by atoms with van der Waals surface area (Å²) in [5.74, 6) is -0.970. The fourth-order valence-electron chi connectivity index (χ4n) is 2.39. The third-order valence-corrected chi connectivity index (χ3v) is 4.80. The first-order valence-corrected chi connectivity index (χ1v) is 8.20. The molecular weight excluding hydrogens is 334 g/mol. The number of nitrogens with one attached hydrogen (secondary N) is 1. The number of nitrogens with zero attached hydrogens (tertiary/aromatic N) is 1. The molecular formula is C15H11N3O5S. The third-order valence-electron chi connectivity index (χ3n) is 3.43. The van der Waals surface area contributed by atoms with E-state index in [-0.39, 0.29) is 21.7 Å². The number of amides is 4. The predicted octanol–water partition coefficient (Wildman–Crippen LogP) is 0.844. The number of urea groups is 1. The van der Waals surface area contributed by atoms with Crippen LogP contribution in [-0.4, -0.2) is 26.3 Å². The Labute approximate surface area is 136 Å². The highest BCUT2D eigenvalue weighted by Gasteiger charge is 2.36. The molecule has 0 saturated heterocycles. The van der Waals surface area contributed by atoms with Gasteiger partial charge in [0.25, 0.3) is 21.8 Å². The summed E-state index contributed by atoms with van der Waals surface area (Å²) in [5.41, 5.74) is 5.60. The summed E-state index contributed by atoms with van der Waals surface area (Å²) in [7, 11) is -4.09. The van der Waals surface area contributed by atoms with E-state index in [1.54, 1.807) is 29.0 Å². The second kappa shape index (κ2) is 5.46. The van der Waals surface area contributed by atoms with Crippen LogP contribution >= 0.6 is 0 Å². The molecule has 122 valence electrons. The Kier molecular flexibility index (Phi) is 3.57. The van der Waals surface area contributed by atoms with Crippen molar-refractivity contribution in [3.63, 3.8) is 0 Å². The van der Waals surface area contributed by atoms with Gasteiger partial charge in [-0.1, -0.05) is 12.1 Å². The van der Waals surface area contributed by atoms with Gasteiger partial charge in [-0.05, 0) is 36.4 Å². The first kappa shape index (κ1) is 15.7. The molecule has 1 aliphatic rings. The first-order valence-electron chi connectivity index (χ1n) is 6.71. The van der Waals surface area contributed by atoms with Crippen molar-refractivity contribution < 1.29 is 22.8 Å². The number of anilines is 1. The zero-order valence-electron chi connectivity index (χ0n) is 12.1. The minimum atomic E-state index is -4.09. The van der Waals surface area contributed by atoms with Gasteiger partial charge in [-0.25, -0.2) is 22.8 Å². The van der Waals surface area contributed by atoms with Crippen molar-refractivity contribution >= 4 is 33.6 Å². The molecule has 0 spiro atoms. The van der Waals surface area contributed by atoms with E-state index in [9.17, 15) is 22.8 Å². The van der Waals surface area contributed by atoms with Gasteiger partial charge in [-0.3, -0.25) is 9.59 Å². The van der Waals surface area contributed by atoms with Gasteiger partial charge in [0, 0.05) is 0 Å². The number of fused-ring (bicyclic) bond motifs is 1. The lowest BCUT2D eigenvalue weighted by Crippen LogP contribution is -2.35. The summed E-state index contributed by atoms with van der Waals surface area (Å²) in [6.07, 6.45) is 0. The maximum atomic E-state index is 12.3. The topological polar surface area (TPSA) is 127 Å². The molecule has 0 atom stereocenters. The van der Waals surface area contributed by atoms with E-state index in [0.29, 0.717) is 0 Å². The Bertz CT molecular complexity index is 932. The number of benzene rings is 2. The molecule has 1 heterocycles. The zero-order valence-corrected chi connectivity index (χ0v) is 12.9. The number of imide groups is 1. The molecule has 0 saturated carbocycles. The van der Waals surface area contributed by atoms with Gasteiger partial charge in [-0.15, -0.1) is 0 Å². The molecule has 0 radical (unpaired) electrons. The van der Waals surface area contributed by atoms with E-state index in [1.807, 2.05) is 0 Å². The number of rotatable bonds is 3. The Morgan fingerprint density at radius 2 is 1.42 bits per heavy atom. The molecule has 8 nitrogen and oxygen atoms in total. The predicted molar refractivity (Wildman–Crippen MR) is 83.9 cm³/mol. The fourth-order valence-corrected chi connectivity index (χ4v) is 3.27. The van der Waals surface area contributed by atoms with Crippen LogP contribution in [0.2, 0.25) is 0 Å². The van der Waals surface area contributed by atoms with Gasteiger partial charge < -0.3 is 5.73 Å². The average Bonchev–Trinajstić information content (AvgIpc) is 2.78. The highest BCUT2D eigenvalue weighted by molar-refractivity contribution is 7.90. The SMILES string of the molecule is NC(=O)NS(=O)(=O)c1ccc(N2C(=O)c3ccccc3C2=O)cc1.